The van der Waals surface area contributed by atoms with E-state index in [0.29, 0.717) is 25.1 Å². The number of likely N-dealkylation sites (tertiary alicyclic amines) is 1. The third kappa shape index (κ3) is 2.38. The van der Waals surface area contributed by atoms with Crippen molar-refractivity contribution in [2.75, 3.05) is 13.1 Å². The second kappa shape index (κ2) is 4.42. The molecule has 17 heavy (non-hydrogen) atoms. The van der Waals surface area contributed by atoms with Gasteiger partial charge in [-0.3, -0.25) is 4.79 Å². The third-order valence-corrected chi connectivity index (χ3v) is 3.83. The van der Waals surface area contributed by atoms with Crippen molar-refractivity contribution in [3.8, 4) is 0 Å². The maximum Gasteiger partial charge on any atom is 0.254 e. The zero-order chi connectivity index (χ0) is 12.6. The maximum atomic E-state index is 12.2. The number of carbonyl (C=O) groups is 1. The van der Waals surface area contributed by atoms with Crippen LogP contribution in [0, 0.1) is 6.92 Å². The van der Waals surface area contributed by atoms with Gasteiger partial charge in [-0.25, -0.2) is 0 Å². The van der Waals surface area contributed by atoms with E-state index in [-0.39, 0.29) is 5.91 Å². The number of hydrogen-bond acceptors (Lipinski definition) is 2. The molecule has 92 valence electrons. The first-order valence-electron chi connectivity index (χ1n) is 5.73. The topological polar surface area (TPSA) is 40.5 Å². The minimum Gasteiger partial charge on any atom is -0.386 e. The molecule has 0 aromatic heterocycles. The van der Waals surface area contributed by atoms with Crippen molar-refractivity contribution in [1.29, 1.82) is 0 Å². The predicted molar refractivity (Wildman–Crippen MR) is 70.0 cm³/mol. The predicted octanol–water partition coefficient (Wildman–Crippen LogP) is 2.35. The van der Waals surface area contributed by atoms with Crippen molar-refractivity contribution in [3.63, 3.8) is 0 Å². The van der Waals surface area contributed by atoms with Crippen LogP contribution in [0.1, 0.15) is 29.3 Å². The average Bonchev–Trinajstić information content (AvgIpc) is 2.24. The van der Waals surface area contributed by atoms with E-state index in [9.17, 15) is 9.90 Å². The van der Waals surface area contributed by atoms with Crippen LogP contribution in [0.4, 0.5) is 0 Å². The molecule has 1 amide bonds. The molecule has 0 unspecified atom stereocenters. The number of nitrogens with zero attached hydrogens (tertiary/aromatic N) is 1. The number of β-amino-alcohol motifs (C(OH)–C–C–N with tert-alkyl or cyclic N) is 1. The molecule has 0 atom stereocenters. The van der Waals surface area contributed by atoms with Gasteiger partial charge in [-0.05, 0) is 37.1 Å². The molecule has 1 aromatic carbocycles. The lowest BCUT2D eigenvalue weighted by Crippen LogP contribution is -2.63. The molecule has 2 rings (SSSR count). The van der Waals surface area contributed by atoms with E-state index in [0.717, 1.165) is 10.0 Å². The summed E-state index contributed by atoms with van der Waals surface area (Å²) < 4.78 is 0.972. The van der Waals surface area contributed by atoms with Gasteiger partial charge in [0.15, 0.2) is 0 Å². The first kappa shape index (κ1) is 12.6. The summed E-state index contributed by atoms with van der Waals surface area (Å²) in [5, 5.41) is 9.90. The van der Waals surface area contributed by atoms with Crippen LogP contribution in [0.2, 0.25) is 0 Å². The minimum atomic E-state index is -0.668. The zero-order valence-electron chi connectivity index (χ0n) is 10.0. The molecule has 1 aromatic rings. The second-order valence-corrected chi connectivity index (χ2v) is 5.61. The van der Waals surface area contributed by atoms with Crippen molar-refractivity contribution in [2.45, 2.75) is 25.9 Å². The molecular formula is C13H16BrNO2. The van der Waals surface area contributed by atoms with E-state index in [1.165, 1.54) is 0 Å². The van der Waals surface area contributed by atoms with E-state index in [1.807, 2.05) is 32.0 Å². The zero-order valence-corrected chi connectivity index (χ0v) is 11.6. The molecule has 1 N–H and O–H groups in total. The number of aryl methyl sites for hydroxylation is 1. The Labute approximate surface area is 110 Å². The first-order chi connectivity index (χ1) is 7.95. The van der Waals surface area contributed by atoms with Crippen LogP contribution in [0.15, 0.2) is 22.7 Å². The molecule has 4 heteroatoms. The number of rotatable bonds is 2. The van der Waals surface area contributed by atoms with Crippen LogP contribution < -0.4 is 0 Å². The summed E-state index contributed by atoms with van der Waals surface area (Å²) in [7, 11) is 0. The van der Waals surface area contributed by atoms with Gasteiger partial charge in [0.25, 0.3) is 5.91 Å². The molecule has 1 fully saturated rings. The average molecular weight is 298 g/mol. The fourth-order valence-corrected chi connectivity index (χ4v) is 2.54. The molecule has 0 spiro atoms. The van der Waals surface area contributed by atoms with Crippen LogP contribution in [-0.4, -0.2) is 34.6 Å². The summed E-state index contributed by atoms with van der Waals surface area (Å²) in [5.74, 6) is 0.00752. The Hall–Kier alpha value is -0.870. The first-order valence-corrected chi connectivity index (χ1v) is 6.52. The van der Waals surface area contributed by atoms with Crippen LogP contribution in [0.3, 0.4) is 0 Å². The molecule has 1 aliphatic rings. The van der Waals surface area contributed by atoms with Crippen LogP contribution in [0.5, 0.6) is 0 Å². The molecule has 3 nitrogen and oxygen atoms in total. The highest BCUT2D eigenvalue weighted by atomic mass is 79.9. The monoisotopic (exact) mass is 297 g/mol. The second-order valence-electron chi connectivity index (χ2n) is 4.70. The van der Waals surface area contributed by atoms with E-state index < -0.39 is 5.60 Å². The largest absolute Gasteiger partial charge is 0.386 e. The Balaban J connectivity index is 2.12. The summed E-state index contributed by atoms with van der Waals surface area (Å²) in [5.41, 5.74) is 1.00. The van der Waals surface area contributed by atoms with E-state index in [4.69, 9.17) is 0 Å². The number of hydrogen-bond donors (Lipinski definition) is 1. The highest BCUT2D eigenvalue weighted by Crippen LogP contribution is 2.27. The molecule has 0 radical (unpaired) electrons. The normalized spacial score (nSPS) is 17.8. The van der Waals surface area contributed by atoms with Crippen molar-refractivity contribution >= 4 is 21.8 Å². The quantitative estimate of drug-likeness (QED) is 0.910. The lowest BCUT2D eigenvalue weighted by molar-refractivity contribution is -0.0826. The summed E-state index contributed by atoms with van der Waals surface area (Å²) in [4.78, 5) is 13.9. The smallest absolute Gasteiger partial charge is 0.254 e. The van der Waals surface area contributed by atoms with Gasteiger partial charge in [0.05, 0.1) is 18.7 Å². The van der Waals surface area contributed by atoms with Gasteiger partial charge in [-0.1, -0.05) is 22.9 Å². The lowest BCUT2D eigenvalue weighted by atomic mass is 9.90. The van der Waals surface area contributed by atoms with Gasteiger partial charge >= 0.3 is 0 Å². The van der Waals surface area contributed by atoms with Crippen molar-refractivity contribution < 1.29 is 9.90 Å². The fraction of sp³-hybridized carbons (Fsp3) is 0.462. The number of carbonyl (C=O) groups excluding carboxylic acids is 1. The molecule has 0 saturated carbocycles. The molecule has 1 saturated heterocycles. The van der Waals surface area contributed by atoms with Gasteiger partial charge in [0, 0.05) is 10.0 Å². The summed E-state index contributed by atoms with van der Waals surface area (Å²) in [6, 6.07) is 5.62. The highest BCUT2D eigenvalue weighted by Gasteiger charge is 2.42. The van der Waals surface area contributed by atoms with Gasteiger partial charge in [-0.15, -0.1) is 0 Å². The Morgan fingerprint density at radius 1 is 1.53 bits per heavy atom. The lowest BCUT2D eigenvalue weighted by Gasteiger charge is -2.46. The van der Waals surface area contributed by atoms with Crippen LogP contribution in [-0.2, 0) is 0 Å². The number of benzene rings is 1. The molecule has 1 aliphatic heterocycles. The molecule has 0 bridgehead atoms. The Bertz CT molecular complexity index is 453. The Morgan fingerprint density at radius 2 is 2.18 bits per heavy atom. The highest BCUT2D eigenvalue weighted by molar-refractivity contribution is 9.10. The van der Waals surface area contributed by atoms with Crippen LogP contribution >= 0.6 is 15.9 Å². The Kier molecular flexibility index (Phi) is 3.27. The van der Waals surface area contributed by atoms with E-state index in [1.54, 1.807) is 4.90 Å². The summed E-state index contributed by atoms with van der Waals surface area (Å²) >= 11 is 3.38. The summed E-state index contributed by atoms with van der Waals surface area (Å²) in [6.07, 6.45) is 0.691. The number of amides is 1. The molecule has 1 heterocycles. The maximum absolute atomic E-state index is 12.2. The van der Waals surface area contributed by atoms with Crippen molar-refractivity contribution in [3.05, 3.63) is 33.8 Å². The summed E-state index contributed by atoms with van der Waals surface area (Å²) in [6.45, 7) is 4.74. The third-order valence-electron chi connectivity index (χ3n) is 3.33. The SMILES string of the molecule is CCC1(O)CN(C(=O)c2ccc(Br)cc2C)C1. The van der Waals surface area contributed by atoms with Crippen molar-refractivity contribution in [2.24, 2.45) is 0 Å². The van der Waals surface area contributed by atoms with E-state index >= 15 is 0 Å². The molecule has 0 aliphatic carbocycles. The van der Waals surface area contributed by atoms with Gasteiger partial charge in [0.1, 0.15) is 0 Å². The minimum absolute atomic E-state index is 0.00752. The van der Waals surface area contributed by atoms with Gasteiger partial charge in [-0.2, -0.15) is 0 Å². The number of aliphatic hydroxyl groups is 1. The standard InChI is InChI=1S/C13H16BrNO2/c1-3-13(17)7-15(8-13)12(16)11-5-4-10(14)6-9(11)2/h4-6,17H,3,7-8H2,1-2H3. The fourth-order valence-electron chi connectivity index (χ4n) is 2.07. The van der Waals surface area contributed by atoms with E-state index in [2.05, 4.69) is 15.9 Å². The van der Waals surface area contributed by atoms with Gasteiger partial charge < -0.3 is 10.0 Å². The van der Waals surface area contributed by atoms with Crippen LogP contribution in [0.25, 0.3) is 0 Å². The molecular weight excluding hydrogens is 282 g/mol. The Morgan fingerprint density at radius 3 is 2.71 bits per heavy atom. The van der Waals surface area contributed by atoms with Crippen molar-refractivity contribution in [1.82, 2.24) is 4.90 Å². The van der Waals surface area contributed by atoms with Gasteiger partial charge in [0.2, 0.25) is 0 Å². The number of halogens is 1.